The molecule has 2 rings (SSSR count). The lowest BCUT2D eigenvalue weighted by molar-refractivity contribution is 0.618. The van der Waals surface area contributed by atoms with Crippen molar-refractivity contribution < 1.29 is 4.39 Å². The van der Waals surface area contributed by atoms with Crippen molar-refractivity contribution in [2.45, 2.75) is 13.5 Å². The standard InChI is InChI=1S/C13H16FN3O/c1-8-6-9(4-5-11(8)14)12-10(7-15-2)13(18)17(3)16-12/h4-6,15-16H,7H2,1-3H3. The lowest BCUT2D eigenvalue weighted by Crippen LogP contribution is -2.19. The van der Waals surface area contributed by atoms with Crippen molar-refractivity contribution in [1.82, 2.24) is 15.1 Å². The molecule has 1 aromatic heterocycles. The molecule has 1 heterocycles. The normalized spacial score (nSPS) is 10.9. The van der Waals surface area contributed by atoms with Gasteiger partial charge in [0.25, 0.3) is 5.56 Å². The summed E-state index contributed by atoms with van der Waals surface area (Å²) in [5.41, 5.74) is 2.71. The van der Waals surface area contributed by atoms with E-state index in [1.54, 1.807) is 33.2 Å². The third-order valence-electron chi connectivity index (χ3n) is 2.94. The zero-order valence-electron chi connectivity index (χ0n) is 10.7. The van der Waals surface area contributed by atoms with Crippen LogP contribution in [-0.2, 0) is 13.6 Å². The van der Waals surface area contributed by atoms with Gasteiger partial charge >= 0.3 is 0 Å². The van der Waals surface area contributed by atoms with Crippen molar-refractivity contribution in [1.29, 1.82) is 0 Å². The van der Waals surface area contributed by atoms with Crippen molar-refractivity contribution in [3.05, 3.63) is 45.5 Å². The van der Waals surface area contributed by atoms with Crippen LogP contribution in [0.25, 0.3) is 11.3 Å². The number of nitrogens with one attached hydrogen (secondary N) is 2. The van der Waals surface area contributed by atoms with Gasteiger partial charge in [0.2, 0.25) is 0 Å². The van der Waals surface area contributed by atoms with E-state index in [1.165, 1.54) is 10.7 Å². The van der Waals surface area contributed by atoms with Gasteiger partial charge in [-0.1, -0.05) is 0 Å². The van der Waals surface area contributed by atoms with Crippen LogP contribution in [0.1, 0.15) is 11.1 Å². The number of aromatic nitrogens is 2. The minimum absolute atomic E-state index is 0.0682. The van der Waals surface area contributed by atoms with E-state index in [4.69, 9.17) is 0 Å². The Hall–Kier alpha value is -1.88. The molecule has 0 bridgehead atoms. The zero-order valence-corrected chi connectivity index (χ0v) is 10.7. The summed E-state index contributed by atoms with van der Waals surface area (Å²) in [6.07, 6.45) is 0. The van der Waals surface area contributed by atoms with Gasteiger partial charge in [-0.3, -0.25) is 14.6 Å². The van der Waals surface area contributed by atoms with Gasteiger partial charge in [-0.05, 0) is 37.7 Å². The number of nitrogens with zero attached hydrogens (tertiary/aromatic N) is 1. The molecule has 0 fully saturated rings. The average molecular weight is 249 g/mol. The Labute approximate surface area is 104 Å². The number of H-pyrrole nitrogens is 1. The highest BCUT2D eigenvalue weighted by molar-refractivity contribution is 5.63. The van der Waals surface area contributed by atoms with E-state index < -0.39 is 0 Å². The summed E-state index contributed by atoms with van der Waals surface area (Å²) in [6, 6.07) is 4.83. The van der Waals surface area contributed by atoms with Crippen LogP contribution in [0.3, 0.4) is 0 Å². The number of aryl methyl sites for hydroxylation is 2. The van der Waals surface area contributed by atoms with Crippen molar-refractivity contribution >= 4 is 0 Å². The van der Waals surface area contributed by atoms with Gasteiger partial charge in [-0.25, -0.2) is 4.39 Å². The van der Waals surface area contributed by atoms with Crippen molar-refractivity contribution in [2.24, 2.45) is 7.05 Å². The second-order valence-corrected chi connectivity index (χ2v) is 4.32. The molecule has 0 amide bonds. The molecule has 5 heteroatoms. The van der Waals surface area contributed by atoms with Crippen LogP contribution in [-0.4, -0.2) is 16.8 Å². The third kappa shape index (κ3) is 2.09. The fourth-order valence-corrected chi connectivity index (χ4v) is 1.98. The summed E-state index contributed by atoms with van der Waals surface area (Å²) >= 11 is 0. The maximum Gasteiger partial charge on any atom is 0.271 e. The molecule has 0 aliphatic carbocycles. The van der Waals surface area contributed by atoms with E-state index >= 15 is 0 Å². The van der Waals surface area contributed by atoms with Crippen LogP contribution in [0.5, 0.6) is 0 Å². The first-order valence-corrected chi connectivity index (χ1v) is 5.73. The first kappa shape index (κ1) is 12.6. The van der Waals surface area contributed by atoms with E-state index in [1.807, 2.05) is 0 Å². The Bertz CT molecular complexity index is 628. The fraction of sp³-hybridized carbons (Fsp3) is 0.308. The highest BCUT2D eigenvalue weighted by Crippen LogP contribution is 2.22. The van der Waals surface area contributed by atoms with Crippen molar-refractivity contribution in [3.8, 4) is 11.3 Å². The predicted molar refractivity (Wildman–Crippen MR) is 68.9 cm³/mol. The molecule has 96 valence electrons. The number of rotatable bonds is 3. The molecule has 0 aliphatic rings. The largest absolute Gasteiger partial charge is 0.315 e. The van der Waals surface area contributed by atoms with Crippen LogP contribution in [0.15, 0.2) is 23.0 Å². The molecule has 2 aromatic rings. The molecule has 0 saturated carbocycles. The van der Waals surface area contributed by atoms with Gasteiger partial charge in [0.05, 0.1) is 11.3 Å². The van der Waals surface area contributed by atoms with Gasteiger partial charge in [0, 0.05) is 19.2 Å². The smallest absolute Gasteiger partial charge is 0.271 e. The van der Waals surface area contributed by atoms with Gasteiger partial charge < -0.3 is 5.32 Å². The third-order valence-corrected chi connectivity index (χ3v) is 2.94. The van der Waals surface area contributed by atoms with Crippen LogP contribution >= 0.6 is 0 Å². The minimum Gasteiger partial charge on any atom is -0.315 e. The minimum atomic E-state index is -0.243. The Kier molecular flexibility index (Phi) is 3.34. The molecule has 0 atom stereocenters. The Morgan fingerprint density at radius 2 is 2.17 bits per heavy atom. The lowest BCUT2D eigenvalue weighted by atomic mass is 10.1. The van der Waals surface area contributed by atoms with Gasteiger partial charge in [0.1, 0.15) is 5.82 Å². The lowest BCUT2D eigenvalue weighted by Gasteiger charge is -2.04. The Balaban J connectivity index is 2.59. The second-order valence-electron chi connectivity index (χ2n) is 4.32. The number of hydrogen-bond acceptors (Lipinski definition) is 2. The summed E-state index contributed by atoms with van der Waals surface area (Å²) in [4.78, 5) is 11.9. The van der Waals surface area contributed by atoms with Gasteiger partial charge in [-0.2, -0.15) is 0 Å². The maximum absolute atomic E-state index is 13.3. The molecular weight excluding hydrogens is 233 g/mol. The summed E-state index contributed by atoms with van der Waals surface area (Å²) in [6.45, 7) is 2.18. The number of benzene rings is 1. The highest BCUT2D eigenvalue weighted by Gasteiger charge is 2.14. The molecule has 0 unspecified atom stereocenters. The average Bonchev–Trinajstić information content (AvgIpc) is 2.61. The number of aromatic amines is 1. The van der Waals surface area contributed by atoms with E-state index in [2.05, 4.69) is 10.4 Å². The van der Waals surface area contributed by atoms with E-state index in [0.29, 0.717) is 17.7 Å². The summed E-state index contributed by atoms with van der Waals surface area (Å²) < 4.78 is 14.7. The quantitative estimate of drug-likeness (QED) is 0.867. The van der Waals surface area contributed by atoms with Crippen LogP contribution < -0.4 is 10.9 Å². The van der Waals surface area contributed by atoms with E-state index in [-0.39, 0.29) is 11.4 Å². The maximum atomic E-state index is 13.3. The van der Waals surface area contributed by atoms with Gasteiger partial charge in [0.15, 0.2) is 0 Å². The van der Waals surface area contributed by atoms with Crippen molar-refractivity contribution in [2.75, 3.05) is 7.05 Å². The number of halogens is 1. The molecule has 0 radical (unpaired) electrons. The number of hydrogen-bond donors (Lipinski definition) is 2. The molecular formula is C13H16FN3O. The molecule has 0 aliphatic heterocycles. The van der Waals surface area contributed by atoms with Crippen LogP contribution in [0, 0.1) is 12.7 Å². The van der Waals surface area contributed by atoms with E-state index in [9.17, 15) is 9.18 Å². The first-order chi connectivity index (χ1) is 8.54. The topological polar surface area (TPSA) is 49.8 Å². The monoisotopic (exact) mass is 249 g/mol. The highest BCUT2D eigenvalue weighted by atomic mass is 19.1. The van der Waals surface area contributed by atoms with Gasteiger partial charge in [-0.15, -0.1) is 0 Å². The molecule has 1 aromatic carbocycles. The molecule has 18 heavy (non-hydrogen) atoms. The fourth-order valence-electron chi connectivity index (χ4n) is 1.98. The second kappa shape index (κ2) is 4.78. The Morgan fingerprint density at radius 3 is 2.78 bits per heavy atom. The molecule has 2 N–H and O–H groups in total. The Morgan fingerprint density at radius 1 is 1.44 bits per heavy atom. The summed E-state index contributed by atoms with van der Waals surface area (Å²) in [5, 5.41) is 5.97. The predicted octanol–water partition coefficient (Wildman–Crippen LogP) is 1.55. The zero-order chi connectivity index (χ0) is 13.3. The molecule has 0 saturated heterocycles. The van der Waals surface area contributed by atoms with Crippen molar-refractivity contribution in [3.63, 3.8) is 0 Å². The molecule has 4 nitrogen and oxygen atoms in total. The molecule has 0 spiro atoms. The summed E-state index contributed by atoms with van der Waals surface area (Å²) in [7, 11) is 3.45. The van der Waals surface area contributed by atoms with Crippen LogP contribution in [0.4, 0.5) is 4.39 Å². The van der Waals surface area contributed by atoms with Crippen LogP contribution in [0.2, 0.25) is 0 Å². The SMILES string of the molecule is CNCc1c(-c2ccc(F)c(C)c2)[nH]n(C)c1=O. The van der Waals surface area contributed by atoms with E-state index in [0.717, 1.165) is 11.3 Å². The summed E-state index contributed by atoms with van der Waals surface area (Å²) in [5.74, 6) is -0.243. The first-order valence-electron chi connectivity index (χ1n) is 5.73.